The van der Waals surface area contributed by atoms with Crippen molar-refractivity contribution in [2.24, 2.45) is 0 Å². The van der Waals surface area contributed by atoms with Gasteiger partial charge in [-0.15, -0.1) is 0 Å². The van der Waals surface area contributed by atoms with Gasteiger partial charge in [0.2, 0.25) is 4.55 Å². The van der Waals surface area contributed by atoms with E-state index >= 15 is 0 Å². The van der Waals surface area contributed by atoms with Gasteiger partial charge < -0.3 is 4.74 Å². The first-order valence-corrected chi connectivity index (χ1v) is 4.98. The molecule has 0 fully saturated rings. The molecule has 1 aromatic heterocycles. The van der Waals surface area contributed by atoms with Crippen LogP contribution in [0.5, 0.6) is 5.75 Å². The number of aryl methyl sites for hydroxylation is 1. The van der Waals surface area contributed by atoms with E-state index in [0.29, 0.717) is 0 Å². The minimum atomic E-state index is 0.847. The molecule has 0 aliphatic heterocycles. The lowest BCUT2D eigenvalue weighted by Gasteiger charge is -1.98. The molecule has 2 aromatic rings. The molecule has 0 aliphatic carbocycles. The van der Waals surface area contributed by atoms with Crippen LogP contribution in [0.4, 0.5) is 0 Å². The average Bonchev–Trinajstić information content (AvgIpc) is 2.65. The predicted octanol–water partition coefficient (Wildman–Crippen LogP) is 3.00. The Morgan fingerprint density at radius 3 is 2.50 bits per heavy atom. The van der Waals surface area contributed by atoms with Gasteiger partial charge in [0.05, 0.1) is 25.6 Å². The largest absolute Gasteiger partial charge is 0.497 e. The van der Waals surface area contributed by atoms with E-state index in [4.69, 9.17) is 9.26 Å². The normalized spacial score (nSPS) is 10.1. The quantitative estimate of drug-likeness (QED) is 0.711. The van der Waals surface area contributed by atoms with Gasteiger partial charge in [-0.25, -0.2) is 0 Å². The second kappa shape index (κ2) is 3.75. The Balaban J connectivity index is 2.39. The van der Waals surface area contributed by atoms with Crippen LogP contribution < -0.4 is 4.74 Å². The third-order valence-corrected chi connectivity index (χ3v) is 2.83. The van der Waals surface area contributed by atoms with Gasteiger partial charge in [-0.05, 0) is 24.3 Å². The Hall–Kier alpha value is -1.42. The van der Waals surface area contributed by atoms with Crippen LogP contribution in [0.25, 0.3) is 10.4 Å². The number of benzene rings is 1. The van der Waals surface area contributed by atoms with E-state index in [1.165, 1.54) is 11.5 Å². The number of hydrogen-bond acceptors (Lipinski definition) is 3. The number of aromatic nitrogens is 1. The van der Waals surface area contributed by atoms with E-state index in [2.05, 4.69) is 4.55 Å². The Morgan fingerprint density at radius 1 is 1.29 bits per heavy atom. The van der Waals surface area contributed by atoms with E-state index < -0.39 is 0 Å². The smallest absolute Gasteiger partial charge is 0.393 e. The number of ether oxygens (including phenoxy) is 1. The lowest BCUT2D eigenvalue weighted by Crippen LogP contribution is -1.82. The maximum absolute atomic E-state index is 5.08. The van der Waals surface area contributed by atoms with Gasteiger partial charge in [0.15, 0.2) is 4.88 Å². The van der Waals surface area contributed by atoms with Gasteiger partial charge in [-0.3, -0.25) is 0 Å². The highest BCUT2D eigenvalue weighted by molar-refractivity contribution is 7.09. The molecule has 1 heterocycles. The summed E-state index contributed by atoms with van der Waals surface area (Å²) in [4.78, 5) is 1.06. The van der Waals surface area contributed by atoms with Crippen LogP contribution in [0.2, 0.25) is 0 Å². The van der Waals surface area contributed by atoms with Gasteiger partial charge in [0.1, 0.15) is 5.75 Å². The van der Waals surface area contributed by atoms with Crippen LogP contribution >= 0.6 is 11.5 Å². The van der Waals surface area contributed by atoms with E-state index in [1.54, 1.807) is 7.11 Å². The number of nitrogens with zero attached hydrogens (tertiary/aromatic N) is 1. The highest BCUT2D eigenvalue weighted by Crippen LogP contribution is 2.28. The van der Waals surface area contributed by atoms with Crippen LogP contribution in [0, 0.1) is 6.92 Å². The zero-order valence-corrected chi connectivity index (χ0v) is 8.80. The first kappa shape index (κ1) is 9.15. The Labute approximate surface area is 86.1 Å². The first-order chi connectivity index (χ1) is 6.81. The van der Waals surface area contributed by atoms with Crippen LogP contribution in [0.3, 0.4) is 0 Å². The molecule has 0 bridgehead atoms. The molecule has 1 aromatic carbocycles. The summed E-state index contributed by atoms with van der Waals surface area (Å²) < 4.78 is 13.9. The highest BCUT2D eigenvalue weighted by Gasteiger charge is 2.16. The maximum atomic E-state index is 5.08. The predicted molar refractivity (Wildman–Crippen MR) is 55.5 cm³/mol. The summed E-state index contributed by atoms with van der Waals surface area (Å²) in [6, 6.07) is 7.84. The Morgan fingerprint density at radius 2 is 2.00 bits per heavy atom. The second-order valence-corrected chi connectivity index (χ2v) is 3.61. The molecule has 2 rings (SSSR count). The standard InChI is InChI=1S/C10H10NO2S/c1-7-10(14-11-13-7)8-3-5-9(12-2)6-4-8/h3-6H,1-2H3/q+1. The number of hydrogen-bond donors (Lipinski definition) is 0. The molecule has 14 heavy (non-hydrogen) atoms. The minimum Gasteiger partial charge on any atom is -0.497 e. The van der Waals surface area contributed by atoms with Crippen molar-refractivity contribution < 1.29 is 9.26 Å². The number of rotatable bonds is 2. The van der Waals surface area contributed by atoms with Gasteiger partial charge in [-0.1, -0.05) is 4.52 Å². The van der Waals surface area contributed by atoms with Crippen molar-refractivity contribution in [2.45, 2.75) is 6.92 Å². The van der Waals surface area contributed by atoms with Crippen molar-refractivity contribution in [3.8, 4) is 16.2 Å². The summed E-state index contributed by atoms with van der Waals surface area (Å²) in [5.74, 6) is 1.70. The zero-order chi connectivity index (χ0) is 9.97. The second-order valence-electron chi connectivity index (χ2n) is 2.87. The topological polar surface area (TPSA) is 33.4 Å². The third-order valence-electron chi connectivity index (χ3n) is 1.97. The van der Waals surface area contributed by atoms with Gasteiger partial charge in [0, 0.05) is 5.56 Å². The molecule has 0 amide bonds. The molecule has 0 spiro atoms. The molecule has 0 saturated heterocycles. The van der Waals surface area contributed by atoms with Crippen LogP contribution in [0.1, 0.15) is 5.76 Å². The molecular weight excluding hydrogens is 198 g/mol. The summed E-state index contributed by atoms with van der Waals surface area (Å²) in [5, 5.41) is 0. The molecule has 72 valence electrons. The summed E-state index contributed by atoms with van der Waals surface area (Å²) in [6.07, 6.45) is 0. The number of methoxy groups -OCH3 is 1. The third kappa shape index (κ3) is 1.61. The zero-order valence-electron chi connectivity index (χ0n) is 7.98. The Kier molecular flexibility index (Phi) is 2.45. The Bertz CT molecular complexity index is 422. The van der Waals surface area contributed by atoms with Crippen LogP contribution in [-0.4, -0.2) is 11.7 Å². The van der Waals surface area contributed by atoms with Crippen LogP contribution in [-0.2, 0) is 0 Å². The SMILES string of the molecule is COc1ccc(-c2sn[o+]c2C)cc1. The molecule has 0 atom stereocenters. The summed E-state index contributed by atoms with van der Waals surface area (Å²) >= 11 is 1.36. The van der Waals surface area contributed by atoms with Crippen molar-refractivity contribution in [2.75, 3.05) is 7.11 Å². The highest BCUT2D eigenvalue weighted by atomic mass is 32.1. The molecule has 0 unspecified atom stereocenters. The van der Waals surface area contributed by atoms with Crippen molar-refractivity contribution in [3.05, 3.63) is 30.0 Å². The first-order valence-electron chi connectivity index (χ1n) is 4.21. The van der Waals surface area contributed by atoms with E-state index in [9.17, 15) is 0 Å². The van der Waals surface area contributed by atoms with E-state index in [0.717, 1.165) is 22.0 Å². The molecule has 0 aliphatic rings. The fourth-order valence-corrected chi connectivity index (χ4v) is 1.85. The fraction of sp³-hybridized carbons (Fsp3) is 0.200. The van der Waals surface area contributed by atoms with Gasteiger partial charge in [0.25, 0.3) is 0 Å². The summed E-state index contributed by atoms with van der Waals surface area (Å²) in [5.41, 5.74) is 1.11. The molecule has 0 radical (unpaired) electrons. The maximum Gasteiger partial charge on any atom is 0.393 e. The lowest BCUT2D eigenvalue weighted by atomic mass is 10.2. The molecule has 3 nitrogen and oxygen atoms in total. The molecule has 4 heteroatoms. The van der Waals surface area contributed by atoms with Gasteiger partial charge in [-0.2, -0.15) is 0 Å². The molecule has 0 N–H and O–H groups in total. The van der Waals surface area contributed by atoms with Crippen molar-refractivity contribution in [1.82, 2.24) is 4.55 Å². The van der Waals surface area contributed by atoms with Crippen LogP contribution in [0.15, 0.2) is 28.8 Å². The van der Waals surface area contributed by atoms with Crippen molar-refractivity contribution in [1.29, 1.82) is 0 Å². The summed E-state index contributed by atoms with van der Waals surface area (Å²) in [6.45, 7) is 1.91. The van der Waals surface area contributed by atoms with E-state index in [-0.39, 0.29) is 0 Å². The fourth-order valence-electron chi connectivity index (χ4n) is 1.22. The van der Waals surface area contributed by atoms with E-state index in [1.807, 2.05) is 31.2 Å². The van der Waals surface area contributed by atoms with Gasteiger partial charge >= 0.3 is 5.76 Å². The molecular formula is C10H10NO2S+. The monoisotopic (exact) mass is 208 g/mol. The minimum absolute atomic E-state index is 0.847. The molecule has 0 saturated carbocycles. The van der Waals surface area contributed by atoms with Crippen molar-refractivity contribution in [3.63, 3.8) is 0 Å². The summed E-state index contributed by atoms with van der Waals surface area (Å²) in [7, 11) is 1.66. The average molecular weight is 208 g/mol. The lowest BCUT2D eigenvalue weighted by molar-refractivity contribution is 0.413. The van der Waals surface area contributed by atoms with Crippen molar-refractivity contribution >= 4 is 11.5 Å².